The third-order valence-corrected chi connectivity index (χ3v) is 5.97. The van der Waals surface area contributed by atoms with Crippen LogP contribution >= 0.6 is 0 Å². The smallest absolute Gasteiger partial charge is 0.178 e. The van der Waals surface area contributed by atoms with Crippen molar-refractivity contribution in [3.63, 3.8) is 0 Å². The van der Waals surface area contributed by atoms with E-state index in [0.717, 1.165) is 12.0 Å². The molecule has 0 bridgehead atoms. The highest BCUT2D eigenvalue weighted by Crippen LogP contribution is 2.21. The van der Waals surface area contributed by atoms with Gasteiger partial charge >= 0.3 is 0 Å². The molecule has 2 aromatic carbocycles. The van der Waals surface area contributed by atoms with Gasteiger partial charge in [-0.2, -0.15) is 0 Å². The standard InChI is InChI=1S/C20H27NO2S/c1-5-24(22,23)19-13-11-18(12-14-19)16(2)21-20(3,4)15-17-9-7-6-8-10-17/h6-14,16,21H,5,15H2,1-4H3/t16-/m0/s1. The summed E-state index contributed by atoms with van der Waals surface area (Å²) < 4.78 is 23.8. The molecule has 1 atom stereocenters. The minimum absolute atomic E-state index is 0.0606. The van der Waals surface area contributed by atoms with Crippen molar-refractivity contribution in [3.05, 3.63) is 65.7 Å². The molecule has 130 valence electrons. The van der Waals surface area contributed by atoms with Gasteiger partial charge in [0.15, 0.2) is 9.84 Å². The molecule has 2 aromatic rings. The topological polar surface area (TPSA) is 46.2 Å². The maximum atomic E-state index is 11.9. The van der Waals surface area contributed by atoms with Crippen LogP contribution in [0.4, 0.5) is 0 Å². The summed E-state index contributed by atoms with van der Waals surface area (Å²) in [5.41, 5.74) is 2.33. The second kappa shape index (κ2) is 7.49. The number of hydrogen-bond donors (Lipinski definition) is 1. The Morgan fingerprint density at radius 1 is 1.00 bits per heavy atom. The van der Waals surface area contributed by atoms with Gasteiger partial charge in [-0.15, -0.1) is 0 Å². The van der Waals surface area contributed by atoms with Crippen molar-refractivity contribution in [2.75, 3.05) is 5.75 Å². The zero-order valence-corrected chi connectivity index (χ0v) is 15.7. The first-order chi connectivity index (χ1) is 11.2. The summed E-state index contributed by atoms with van der Waals surface area (Å²) in [5, 5.41) is 3.64. The van der Waals surface area contributed by atoms with Gasteiger partial charge in [-0.05, 0) is 50.5 Å². The maximum absolute atomic E-state index is 11.9. The summed E-state index contributed by atoms with van der Waals surface area (Å²) in [5.74, 6) is 0.129. The summed E-state index contributed by atoms with van der Waals surface area (Å²) in [4.78, 5) is 0.393. The van der Waals surface area contributed by atoms with E-state index >= 15 is 0 Å². The van der Waals surface area contributed by atoms with Gasteiger partial charge in [-0.1, -0.05) is 49.4 Å². The first-order valence-electron chi connectivity index (χ1n) is 8.38. The van der Waals surface area contributed by atoms with Gasteiger partial charge < -0.3 is 5.32 Å². The molecule has 0 amide bonds. The number of sulfone groups is 1. The van der Waals surface area contributed by atoms with Gasteiger partial charge in [0.2, 0.25) is 0 Å². The highest BCUT2D eigenvalue weighted by molar-refractivity contribution is 7.91. The van der Waals surface area contributed by atoms with E-state index in [2.05, 4.69) is 50.4 Å². The third-order valence-electron chi connectivity index (χ3n) is 4.22. The summed E-state index contributed by atoms with van der Waals surface area (Å²) in [7, 11) is -3.14. The van der Waals surface area contributed by atoms with Gasteiger partial charge in [-0.3, -0.25) is 0 Å². The van der Waals surface area contributed by atoms with Crippen LogP contribution in [-0.4, -0.2) is 19.7 Å². The molecule has 0 spiro atoms. The van der Waals surface area contributed by atoms with Crippen LogP contribution in [0.2, 0.25) is 0 Å². The second-order valence-electron chi connectivity index (χ2n) is 6.88. The Balaban J connectivity index is 2.07. The minimum Gasteiger partial charge on any atom is -0.305 e. The van der Waals surface area contributed by atoms with Gasteiger partial charge in [0.1, 0.15) is 0 Å². The lowest BCUT2D eigenvalue weighted by Gasteiger charge is -2.31. The number of rotatable bonds is 7. The third kappa shape index (κ3) is 4.92. The van der Waals surface area contributed by atoms with Crippen molar-refractivity contribution in [2.24, 2.45) is 0 Å². The normalized spacial score (nSPS) is 13.7. The van der Waals surface area contributed by atoms with Crippen LogP contribution in [0.25, 0.3) is 0 Å². The van der Waals surface area contributed by atoms with E-state index in [0.29, 0.717) is 4.90 Å². The summed E-state index contributed by atoms with van der Waals surface area (Å²) >= 11 is 0. The molecule has 24 heavy (non-hydrogen) atoms. The van der Waals surface area contributed by atoms with E-state index in [1.54, 1.807) is 19.1 Å². The largest absolute Gasteiger partial charge is 0.305 e. The molecule has 4 heteroatoms. The Morgan fingerprint density at radius 2 is 1.58 bits per heavy atom. The van der Waals surface area contributed by atoms with E-state index in [1.165, 1.54) is 5.56 Å². The fourth-order valence-corrected chi connectivity index (χ4v) is 3.84. The molecular weight excluding hydrogens is 318 g/mol. The van der Waals surface area contributed by atoms with E-state index in [9.17, 15) is 8.42 Å². The predicted molar refractivity (Wildman–Crippen MR) is 99.9 cm³/mol. The molecule has 0 fully saturated rings. The highest BCUT2D eigenvalue weighted by atomic mass is 32.2. The average molecular weight is 346 g/mol. The lowest BCUT2D eigenvalue weighted by Crippen LogP contribution is -2.42. The molecular formula is C20H27NO2S. The summed E-state index contributed by atoms with van der Waals surface area (Å²) in [6, 6.07) is 17.8. The molecule has 0 aliphatic carbocycles. The van der Waals surface area contributed by atoms with Gasteiger partial charge in [-0.25, -0.2) is 8.42 Å². The fraction of sp³-hybridized carbons (Fsp3) is 0.400. The lowest BCUT2D eigenvalue weighted by molar-refractivity contribution is 0.345. The van der Waals surface area contributed by atoms with Crippen molar-refractivity contribution in [2.45, 2.75) is 50.6 Å². The van der Waals surface area contributed by atoms with Crippen molar-refractivity contribution in [1.82, 2.24) is 5.32 Å². The molecule has 0 aliphatic rings. The first kappa shape index (κ1) is 18.7. The van der Waals surface area contributed by atoms with Crippen molar-refractivity contribution in [1.29, 1.82) is 0 Å². The molecule has 0 aromatic heterocycles. The SMILES string of the molecule is CCS(=O)(=O)c1ccc([C@H](C)NC(C)(C)Cc2ccccc2)cc1. The Morgan fingerprint density at radius 3 is 2.12 bits per heavy atom. The Bertz CT molecular complexity index is 750. The number of benzene rings is 2. The zero-order valence-electron chi connectivity index (χ0n) is 14.9. The summed E-state index contributed by atoms with van der Waals surface area (Å²) in [6.07, 6.45) is 0.931. The Hall–Kier alpha value is -1.65. The van der Waals surface area contributed by atoms with Crippen LogP contribution in [0.1, 0.15) is 44.9 Å². The molecule has 2 rings (SSSR count). The Kier molecular flexibility index (Phi) is 5.83. The van der Waals surface area contributed by atoms with Crippen molar-refractivity contribution in [3.8, 4) is 0 Å². The monoisotopic (exact) mass is 345 g/mol. The number of hydrogen-bond acceptors (Lipinski definition) is 3. The predicted octanol–water partition coefficient (Wildman–Crippen LogP) is 4.15. The van der Waals surface area contributed by atoms with Gasteiger partial charge in [0.05, 0.1) is 10.6 Å². The van der Waals surface area contributed by atoms with Crippen LogP contribution in [0.15, 0.2) is 59.5 Å². The molecule has 0 radical (unpaired) electrons. The minimum atomic E-state index is -3.14. The molecule has 0 saturated carbocycles. The molecule has 1 N–H and O–H groups in total. The van der Waals surface area contributed by atoms with E-state index in [4.69, 9.17) is 0 Å². The molecule has 3 nitrogen and oxygen atoms in total. The van der Waals surface area contributed by atoms with Crippen molar-refractivity contribution < 1.29 is 8.42 Å². The van der Waals surface area contributed by atoms with E-state index in [1.807, 2.05) is 18.2 Å². The quantitative estimate of drug-likeness (QED) is 0.820. The maximum Gasteiger partial charge on any atom is 0.178 e. The molecule has 0 unspecified atom stereocenters. The number of nitrogens with one attached hydrogen (secondary N) is 1. The van der Waals surface area contributed by atoms with Gasteiger partial charge in [0, 0.05) is 11.6 Å². The molecule has 0 aliphatic heterocycles. The Labute approximate surface area is 146 Å². The van der Waals surface area contributed by atoms with Crippen LogP contribution in [0, 0.1) is 0 Å². The van der Waals surface area contributed by atoms with Crippen LogP contribution in [0.5, 0.6) is 0 Å². The fourth-order valence-electron chi connectivity index (χ4n) is 2.96. The van der Waals surface area contributed by atoms with E-state index < -0.39 is 9.84 Å². The zero-order chi connectivity index (χ0) is 17.8. The highest BCUT2D eigenvalue weighted by Gasteiger charge is 2.21. The molecule has 0 heterocycles. The van der Waals surface area contributed by atoms with Gasteiger partial charge in [0.25, 0.3) is 0 Å². The lowest BCUT2D eigenvalue weighted by atomic mass is 9.93. The second-order valence-corrected chi connectivity index (χ2v) is 9.16. The molecule has 0 saturated heterocycles. The van der Waals surface area contributed by atoms with Crippen LogP contribution in [0.3, 0.4) is 0 Å². The first-order valence-corrected chi connectivity index (χ1v) is 10.0. The summed E-state index contributed by atoms with van der Waals surface area (Å²) in [6.45, 7) is 8.15. The van der Waals surface area contributed by atoms with E-state index in [-0.39, 0.29) is 17.3 Å². The average Bonchev–Trinajstić information content (AvgIpc) is 2.55. The van der Waals surface area contributed by atoms with Crippen molar-refractivity contribution >= 4 is 9.84 Å². The van der Waals surface area contributed by atoms with Crippen LogP contribution in [-0.2, 0) is 16.3 Å². The van der Waals surface area contributed by atoms with Crippen LogP contribution < -0.4 is 5.32 Å².